The molecule has 7 nitrogen and oxygen atoms in total. The molecule has 1 aliphatic heterocycles. The van der Waals surface area contributed by atoms with Crippen LogP contribution in [-0.4, -0.2) is 47.7 Å². The molecule has 0 unspecified atom stereocenters. The van der Waals surface area contributed by atoms with Gasteiger partial charge in [-0.1, -0.05) is 47.6 Å². The molecule has 3 aromatic rings. The molecule has 0 atom stereocenters. The van der Waals surface area contributed by atoms with Gasteiger partial charge >= 0.3 is 0 Å². The minimum atomic E-state index is 0.0645. The molecule has 1 saturated heterocycles. The normalized spacial score (nSPS) is 15.0. The Morgan fingerprint density at radius 1 is 1.13 bits per heavy atom. The Kier molecular flexibility index (Phi) is 6.94. The smallest absolute Gasteiger partial charge is 0.241 e. The van der Waals surface area contributed by atoms with Crippen LogP contribution in [0.4, 0.5) is 0 Å². The van der Waals surface area contributed by atoms with Crippen molar-refractivity contribution in [3.8, 4) is 17.1 Å². The third-order valence-electron chi connectivity index (χ3n) is 5.69. The van der Waals surface area contributed by atoms with E-state index in [4.69, 9.17) is 9.26 Å². The summed E-state index contributed by atoms with van der Waals surface area (Å²) in [5, 5.41) is 7.17. The summed E-state index contributed by atoms with van der Waals surface area (Å²) in [6.45, 7) is 2.96. The van der Waals surface area contributed by atoms with Gasteiger partial charge in [0.25, 0.3) is 0 Å². The zero-order valence-electron chi connectivity index (χ0n) is 17.8. The molecule has 1 amide bonds. The number of carbonyl (C=O) groups excluding carboxylic acids is 1. The maximum atomic E-state index is 12.5. The van der Waals surface area contributed by atoms with Gasteiger partial charge < -0.3 is 14.6 Å². The molecule has 2 aromatic carbocycles. The highest BCUT2D eigenvalue weighted by atomic mass is 16.5. The van der Waals surface area contributed by atoms with Crippen LogP contribution in [0.5, 0.6) is 5.75 Å². The standard InChI is InChI=1S/C24H28N4O3/c1-30-21-9-7-18(8-10-21)11-14-25-24(29)20-12-15-28(16-13-20)17-22-26-23(27-31-22)19-5-3-2-4-6-19/h2-10,20H,11-17H2,1H3,(H,25,29). The first kappa shape index (κ1) is 21.1. The molecule has 1 N–H and O–H groups in total. The number of rotatable bonds is 8. The zero-order valence-corrected chi connectivity index (χ0v) is 17.8. The number of ether oxygens (including phenoxy) is 1. The minimum Gasteiger partial charge on any atom is -0.497 e. The summed E-state index contributed by atoms with van der Waals surface area (Å²) < 4.78 is 10.6. The van der Waals surface area contributed by atoms with E-state index in [0.29, 0.717) is 24.8 Å². The van der Waals surface area contributed by atoms with Gasteiger partial charge in [0.05, 0.1) is 13.7 Å². The quantitative estimate of drug-likeness (QED) is 0.602. The molecule has 7 heteroatoms. The average Bonchev–Trinajstić information content (AvgIpc) is 3.29. The summed E-state index contributed by atoms with van der Waals surface area (Å²) in [4.78, 5) is 19.3. The predicted octanol–water partition coefficient (Wildman–Crippen LogP) is 3.32. The van der Waals surface area contributed by atoms with Crippen LogP contribution in [0, 0.1) is 5.92 Å². The van der Waals surface area contributed by atoms with E-state index in [-0.39, 0.29) is 11.8 Å². The summed E-state index contributed by atoms with van der Waals surface area (Å²) in [5.41, 5.74) is 2.13. The van der Waals surface area contributed by atoms with E-state index in [2.05, 4.69) is 20.4 Å². The molecule has 0 saturated carbocycles. The summed E-state index contributed by atoms with van der Waals surface area (Å²) in [6.07, 6.45) is 2.50. The Morgan fingerprint density at radius 3 is 2.58 bits per heavy atom. The minimum absolute atomic E-state index is 0.0645. The molecule has 2 heterocycles. The monoisotopic (exact) mass is 420 g/mol. The second-order valence-corrected chi connectivity index (χ2v) is 7.82. The van der Waals surface area contributed by atoms with Crippen molar-refractivity contribution >= 4 is 5.91 Å². The summed E-state index contributed by atoms with van der Waals surface area (Å²) in [5.74, 6) is 2.28. The van der Waals surface area contributed by atoms with Gasteiger partial charge in [0.2, 0.25) is 17.6 Å². The lowest BCUT2D eigenvalue weighted by atomic mass is 9.96. The largest absolute Gasteiger partial charge is 0.497 e. The fraction of sp³-hybridized carbons (Fsp3) is 0.375. The third kappa shape index (κ3) is 5.70. The van der Waals surface area contributed by atoms with Crippen LogP contribution in [0.2, 0.25) is 0 Å². The third-order valence-corrected chi connectivity index (χ3v) is 5.69. The van der Waals surface area contributed by atoms with Gasteiger partial charge in [0.15, 0.2) is 0 Å². The SMILES string of the molecule is COc1ccc(CCNC(=O)C2CCN(Cc3nc(-c4ccccc4)no3)CC2)cc1. The average molecular weight is 421 g/mol. The number of piperidine rings is 1. The lowest BCUT2D eigenvalue weighted by molar-refractivity contribution is -0.126. The van der Waals surface area contributed by atoms with Crippen LogP contribution < -0.4 is 10.1 Å². The van der Waals surface area contributed by atoms with Crippen LogP contribution in [0.15, 0.2) is 59.1 Å². The number of hydrogen-bond donors (Lipinski definition) is 1. The van der Waals surface area contributed by atoms with Gasteiger partial charge in [-0.05, 0) is 50.0 Å². The van der Waals surface area contributed by atoms with Crippen molar-refractivity contribution in [2.45, 2.75) is 25.8 Å². The molecule has 0 radical (unpaired) electrons. The van der Waals surface area contributed by atoms with E-state index in [0.717, 1.165) is 43.7 Å². The van der Waals surface area contributed by atoms with Crippen LogP contribution in [-0.2, 0) is 17.8 Å². The second kappa shape index (κ2) is 10.2. The molecular weight excluding hydrogens is 392 g/mol. The van der Waals surface area contributed by atoms with Crippen LogP contribution in [0.3, 0.4) is 0 Å². The molecule has 162 valence electrons. The number of amides is 1. The Balaban J connectivity index is 1.19. The first-order valence-electron chi connectivity index (χ1n) is 10.7. The number of nitrogens with zero attached hydrogens (tertiary/aromatic N) is 3. The Labute approximate surface area is 182 Å². The van der Waals surface area contributed by atoms with Crippen molar-refractivity contribution in [3.63, 3.8) is 0 Å². The van der Waals surface area contributed by atoms with Crippen molar-refractivity contribution in [1.82, 2.24) is 20.4 Å². The van der Waals surface area contributed by atoms with Gasteiger partial charge in [-0.2, -0.15) is 4.98 Å². The van der Waals surface area contributed by atoms with Gasteiger partial charge in [0.1, 0.15) is 5.75 Å². The topological polar surface area (TPSA) is 80.5 Å². The highest BCUT2D eigenvalue weighted by Crippen LogP contribution is 2.20. The van der Waals surface area contributed by atoms with Crippen LogP contribution in [0.25, 0.3) is 11.4 Å². The van der Waals surface area contributed by atoms with E-state index < -0.39 is 0 Å². The van der Waals surface area contributed by atoms with Crippen molar-refractivity contribution in [2.24, 2.45) is 5.92 Å². The zero-order chi connectivity index (χ0) is 21.5. The molecule has 4 rings (SSSR count). The Morgan fingerprint density at radius 2 is 1.87 bits per heavy atom. The number of aromatic nitrogens is 2. The highest BCUT2D eigenvalue weighted by molar-refractivity contribution is 5.78. The number of hydrogen-bond acceptors (Lipinski definition) is 6. The van der Waals surface area contributed by atoms with Gasteiger partial charge in [0, 0.05) is 18.0 Å². The molecule has 0 bridgehead atoms. The van der Waals surface area contributed by atoms with E-state index in [1.807, 2.05) is 54.6 Å². The number of carbonyl (C=O) groups is 1. The van der Waals surface area contributed by atoms with Crippen molar-refractivity contribution < 1.29 is 14.1 Å². The van der Waals surface area contributed by atoms with Crippen molar-refractivity contribution in [1.29, 1.82) is 0 Å². The van der Waals surface area contributed by atoms with Gasteiger partial charge in [-0.25, -0.2) is 0 Å². The Hall–Kier alpha value is -3.19. The van der Waals surface area contributed by atoms with Crippen molar-refractivity contribution in [2.75, 3.05) is 26.7 Å². The van der Waals surface area contributed by atoms with E-state index in [1.54, 1.807) is 7.11 Å². The van der Waals surface area contributed by atoms with E-state index >= 15 is 0 Å². The van der Waals surface area contributed by atoms with Crippen molar-refractivity contribution in [3.05, 3.63) is 66.1 Å². The van der Waals surface area contributed by atoms with Crippen LogP contribution >= 0.6 is 0 Å². The summed E-state index contributed by atoms with van der Waals surface area (Å²) in [7, 11) is 1.66. The first-order chi connectivity index (χ1) is 15.2. The lowest BCUT2D eigenvalue weighted by Crippen LogP contribution is -2.40. The molecule has 31 heavy (non-hydrogen) atoms. The van der Waals surface area contributed by atoms with Gasteiger partial charge in [-0.15, -0.1) is 0 Å². The number of benzene rings is 2. The molecule has 1 fully saturated rings. The lowest BCUT2D eigenvalue weighted by Gasteiger charge is -2.30. The summed E-state index contributed by atoms with van der Waals surface area (Å²) in [6, 6.07) is 17.8. The number of methoxy groups -OCH3 is 1. The molecule has 1 aromatic heterocycles. The van der Waals surface area contributed by atoms with E-state index in [1.165, 1.54) is 5.56 Å². The maximum Gasteiger partial charge on any atom is 0.241 e. The molecular formula is C24H28N4O3. The first-order valence-corrected chi connectivity index (χ1v) is 10.7. The molecule has 0 aliphatic carbocycles. The fourth-order valence-electron chi connectivity index (χ4n) is 3.83. The second-order valence-electron chi connectivity index (χ2n) is 7.82. The molecule has 1 aliphatic rings. The highest BCUT2D eigenvalue weighted by Gasteiger charge is 2.25. The fourth-order valence-corrected chi connectivity index (χ4v) is 3.83. The molecule has 0 spiro atoms. The van der Waals surface area contributed by atoms with Crippen LogP contribution in [0.1, 0.15) is 24.3 Å². The number of likely N-dealkylation sites (tertiary alicyclic amines) is 1. The Bertz CT molecular complexity index is 964. The van der Waals surface area contributed by atoms with E-state index in [9.17, 15) is 4.79 Å². The predicted molar refractivity (Wildman–Crippen MR) is 117 cm³/mol. The number of nitrogens with one attached hydrogen (secondary N) is 1. The summed E-state index contributed by atoms with van der Waals surface area (Å²) >= 11 is 0. The maximum absolute atomic E-state index is 12.5. The van der Waals surface area contributed by atoms with Gasteiger partial charge in [-0.3, -0.25) is 9.69 Å².